The van der Waals surface area contributed by atoms with Crippen molar-refractivity contribution in [1.82, 2.24) is 14.8 Å². The maximum atomic E-state index is 11.8. The fourth-order valence-electron chi connectivity index (χ4n) is 2.21. The van der Waals surface area contributed by atoms with Gasteiger partial charge in [0.25, 0.3) is 0 Å². The Morgan fingerprint density at radius 1 is 1.36 bits per heavy atom. The standard InChI is InChI=1S/C17H31N3O2/c1-13-11-15(14(2)20(13)7)12-18-9-8-10-19(6)16(21)22-17(3,4)5/h11,18H,8-10,12H2,1-7H3. The van der Waals surface area contributed by atoms with E-state index in [4.69, 9.17) is 4.74 Å². The molecular weight excluding hydrogens is 278 g/mol. The summed E-state index contributed by atoms with van der Waals surface area (Å²) < 4.78 is 7.52. The Morgan fingerprint density at radius 3 is 2.50 bits per heavy atom. The zero-order valence-corrected chi connectivity index (χ0v) is 15.1. The van der Waals surface area contributed by atoms with Gasteiger partial charge in [-0.1, -0.05) is 0 Å². The van der Waals surface area contributed by atoms with Gasteiger partial charge in [0.05, 0.1) is 0 Å². The molecule has 1 heterocycles. The van der Waals surface area contributed by atoms with Gasteiger partial charge >= 0.3 is 6.09 Å². The van der Waals surface area contributed by atoms with Crippen LogP contribution in [0.25, 0.3) is 0 Å². The molecule has 1 rings (SSSR count). The van der Waals surface area contributed by atoms with Gasteiger partial charge in [0.1, 0.15) is 5.60 Å². The smallest absolute Gasteiger partial charge is 0.410 e. The Balaban J connectivity index is 2.25. The van der Waals surface area contributed by atoms with Crippen LogP contribution in [0.3, 0.4) is 0 Å². The van der Waals surface area contributed by atoms with E-state index < -0.39 is 5.60 Å². The van der Waals surface area contributed by atoms with Crippen LogP contribution in [0.2, 0.25) is 0 Å². The van der Waals surface area contributed by atoms with Crippen LogP contribution >= 0.6 is 0 Å². The van der Waals surface area contributed by atoms with Crippen LogP contribution in [0.15, 0.2) is 6.07 Å². The number of nitrogens with zero attached hydrogens (tertiary/aromatic N) is 2. The molecule has 0 saturated heterocycles. The molecule has 0 radical (unpaired) electrons. The van der Waals surface area contributed by atoms with E-state index in [1.807, 2.05) is 20.8 Å². The molecule has 0 unspecified atom stereocenters. The summed E-state index contributed by atoms with van der Waals surface area (Å²) in [5.74, 6) is 0. The molecule has 0 fully saturated rings. The van der Waals surface area contributed by atoms with Crippen molar-refractivity contribution in [1.29, 1.82) is 0 Å². The topological polar surface area (TPSA) is 46.5 Å². The predicted molar refractivity (Wildman–Crippen MR) is 90.1 cm³/mol. The average molecular weight is 309 g/mol. The van der Waals surface area contributed by atoms with Gasteiger partial charge in [-0.2, -0.15) is 0 Å². The number of nitrogens with one attached hydrogen (secondary N) is 1. The van der Waals surface area contributed by atoms with E-state index in [2.05, 4.69) is 36.8 Å². The number of rotatable bonds is 6. The van der Waals surface area contributed by atoms with Gasteiger partial charge in [0.2, 0.25) is 0 Å². The summed E-state index contributed by atoms with van der Waals surface area (Å²) in [4.78, 5) is 13.4. The number of amides is 1. The summed E-state index contributed by atoms with van der Waals surface area (Å²) in [5, 5.41) is 3.43. The summed E-state index contributed by atoms with van der Waals surface area (Å²) in [6.07, 6.45) is 0.641. The van der Waals surface area contributed by atoms with Gasteiger partial charge in [0, 0.05) is 38.6 Å². The number of aromatic nitrogens is 1. The number of hydrogen-bond acceptors (Lipinski definition) is 3. The Kier molecular flexibility index (Phi) is 6.48. The molecule has 5 heteroatoms. The maximum Gasteiger partial charge on any atom is 0.410 e. The van der Waals surface area contributed by atoms with E-state index in [1.54, 1.807) is 11.9 Å². The van der Waals surface area contributed by atoms with Gasteiger partial charge in [-0.3, -0.25) is 0 Å². The molecule has 0 atom stereocenters. The van der Waals surface area contributed by atoms with Gasteiger partial charge in [-0.05, 0) is 59.2 Å². The fourth-order valence-corrected chi connectivity index (χ4v) is 2.21. The molecule has 1 aromatic heterocycles. The number of ether oxygens (including phenoxy) is 1. The van der Waals surface area contributed by atoms with E-state index in [0.29, 0.717) is 6.54 Å². The van der Waals surface area contributed by atoms with Crippen molar-refractivity contribution in [2.45, 2.75) is 53.2 Å². The van der Waals surface area contributed by atoms with Crippen LogP contribution in [0, 0.1) is 13.8 Å². The highest BCUT2D eigenvalue weighted by Crippen LogP contribution is 2.12. The summed E-state index contributed by atoms with van der Waals surface area (Å²) in [6, 6.07) is 2.22. The Hall–Kier alpha value is -1.49. The van der Waals surface area contributed by atoms with Crippen molar-refractivity contribution < 1.29 is 9.53 Å². The third-order valence-electron chi connectivity index (χ3n) is 3.75. The second-order valence-electron chi connectivity index (χ2n) is 6.89. The van der Waals surface area contributed by atoms with E-state index in [-0.39, 0.29) is 6.09 Å². The molecule has 1 amide bonds. The van der Waals surface area contributed by atoms with E-state index >= 15 is 0 Å². The zero-order valence-electron chi connectivity index (χ0n) is 15.1. The molecule has 0 spiro atoms. The first-order chi connectivity index (χ1) is 10.1. The van der Waals surface area contributed by atoms with Crippen molar-refractivity contribution >= 4 is 6.09 Å². The first kappa shape index (κ1) is 18.6. The van der Waals surface area contributed by atoms with Crippen LogP contribution < -0.4 is 5.32 Å². The Labute approximate surface area is 134 Å². The molecule has 22 heavy (non-hydrogen) atoms. The molecule has 0 aliphatic carbocycles. The Morgan fingerprint density at radius 2 is 2.00 bits per heavy atom. The molecule has 1 N–H and O–H groups in total. The van der Waals surface area contributed by atoms with Gasteiger partial charge in [0.15, 0.2) is 0 Å². The first-order valence-corrected chi connectivity index (χ1v) is 7.88. The van der Waals surface area contributed by atoms with E-state index in [0.717, 1.165) is 19.5 Å². The normalized spacial score (nSPS) is 11.6. The van der Waals surface area contributed by atoms with Crippen LogP contribution in [-0.4, -0.2) is 41.3 Å². The quantitative estimate of drug-likeness (QED) is 0.822. The second-order valence-corrected chi connectivity index (χ2v) is 6.89. The van der Waals surface area contributed by atoms with Gasteiger partial charge < -0.3 is 19.5 Å². The lowest BCUT2D eigenvalue weighted by Gasteiger charge is -2.24. The number of carbonyl (C=O) groups is 1. The predicted octanol–water partition coefficient (Wildman–Crippen LogP) is 2.99. The third kappa shape index (κ3) is 5.72. The molecule has 0 aliphatic heterocycles. The van der Waals surface area contributed by atoms with Crippen LogP contribution in [0.5, 0.6) is 0 Å². The van der Waals surface area contributed by atoms with Crippen molar-refractivity contribution in [3.8, 4) is 0 Å². The van der Waals surface area contributed by atoms with E-state index in [1.165, 1.54) is 17.0 Å². The molecule has 126 valence electrons. The third-order valence-corrected chi connectivity index (χ3v) is 3.75. The highest BCUT2D eigenvalue weighted by Gasteiger charge is 2.19. The number of aryl methyl sites for hydroxylation is 1. The monoisotopic (exact) mass is 309 g/mol. The molecule has 0 bridgehead atoms. The highest BCUT2D eigenvalue weighted by atomic mass is 16.6. The minimum Gasteiger partial charge on any atom is -0.444 e. The summed E-state index contributed by atoms with van der Waals surface area (Å²) in [5.41, 5.74) is 3.47. The zero-order chi connectivity index (χ0) is 16.9. The van der Waals surface area contributed by atoms with Crippen LogP contribution in [-0.2, 0) is 18.3 Å². The van der Waals surface area contributed by atoms with Crippen LogP contribution in [0.4, 0.5) is 4.79 Å². The van der Waals surface area contributed by atoms with Gasteiger partial charge in [-0.15, -0.1) is 0 Å². The van der Waals surface area contributed by atoms with E-state index in [9.17, 15) is 4.79 Å². The lowest BCUT2D eigenvalue weighted by Crippen LogP contribution is -2.35. The van der Waals surface area contributed by atoms with Crippen molar-refractivity contribution in [3.05, 3.63) is 23.0 Å². The van der Waals surface area contributed by atoms with Crippen molar-refractivity contribution in [3.63, 3.8) is 0 Å². The van der Waals surface area contributed by atoms with Crippen molar-refractivity contribution in [2.24, 2.45) is 7.05 Å². The number of hydrogen-bond donors (Lipinski definition) is 1. The average Bonchev–Trinajstić information content (AvgIpc) is 2.63. The minimum absolute atomic E-state index is 0.262. The maximum absolute atomic E-state index is 11.8. The van der Waals surface area contributed by atoms with Crippen LogP contribution in [0.1, 0.15) is 44.1 Å². The summed E-state index contributed by atoms with van der Waals surface area (Å²) in [7, 11) is 3.86. The minimum atomic E-state index is -0.438. The summed E-state index contributed by atoms with van der Waals surface area (Å²) >= 11 is 0. The van der Waals surface area contributed by atoms with Crippen molar-refractivity contribution in [2.75, 3.05) is 20.1 Å². The first-order valence-electron chi connectivity index (χ1n) is 7.88. The summed E-state index contributed by atoms with van der Waals surface area (Å²) in [6.45, 7) is 12.3. The lowest BCUT2D eigenvalue weighted by atomic mass is 10.2. The molecule has 1 aromatic rings. The molecule has 0 aliphatic rings. The second kappa shape index (κ2) is 7.68. The lowest BCUT2D eigenvalue weighted by molar-refractivity contribution is 0.0297. The number of carbonyl (C=O) groups excluding carboxylic acids is 1. The van der Waals surface area contributed by atoms with Gasteiger partial charge in [-0.25, -0.2) is 4.79 Å². The molecule has 0 saturated carbocycles. The molecular formula is C17H31N3O2. The molecule has 5 nitrogen and oxygen atoms in total. The Bertz CT molecular complexity index is 501. The molecule has 0 aromatic carbocycles. The SMILES string of the molecule is Cc1cc(CNCCCN(C)C(=O)OC(C)(C)C)c(C)n1C. The highest BCUT2D eigenvalue weighted by molar-refractivity contribution is 5.67. The largest absolute Gasteiger partial charge is 0.444 e. The fraction of sp³-hybridized carbons (Fsp3) is 0.706.